The van der Waals surface area contributed by atoms with Gasteiger partial charge in [-0.15, -0.1) is 19.3 Å². The number of amides is 4. The Bertz CT molecular complexity index is 750. The summed E-state index contributed by atoms with van der Waals surface area (Å²) in [5.41, 5.74) is 0.980. The van der Waals surface area contributed by atoms with Gasteiger partial charge >= 0.3 is 0 Å². The molecule has 4 amide bonds. The summed E-state index contributed by atoms with van der Waals surface area (Å²) in [6.07, 6.45) is 0.478. The average Bonchev–Trinajstić information content (AvgIpc) is 3.08. The minimum Gasteiger partial charge on any atom is -0.378 e. The van der Waals surface area contributed by atoms with Crippen molar-refractivity contribution >= 4 is 23.6 Å². The molecule has 16 nitrogen and oxygen atoms in total. The van der Waals surface area contributed by atoms with Crippen molar-refractivity contribution in [3.63, 3.8) is 0 Å². The topological polar surface area (TPSA) is 204 Å². The van der Waals surface area contributed by atoms with Gasteiger partial charge in [0.05, 0.1) is 105 Å². The Hall–Kier alpha value is 0.872. The zero-order valence-corrected chi connectivity index (χ0v) is 37.3. The molecule has 279 valence electrons. The number of nitrogens with two attached hydrogens (primary N) is 1. The second-order valence-corrected chi connectivity index (χ2v) is 9.82. The molecular weight excluding hydrogens is 875 g/mol. The van der Waals surface area contributed by atoms with Crippen LogP contribution >= 0.6 is 0 Å². The maximum absolute atomic E-state index is 11.3. The van der Waals surface area contributed by atoms with Crippen molar-refractivity contribution in [3.05, 3.63) is 20.8 Å². The Kier molecular flexibility index (Phi) is 46.1. The summed E-state index contributed by atoms with van der Waals surface area (Å²) in [6, 6.07) is 0. The molecule has 0 aromatic carbocycles. The first kappa shape index (κ1) is 54.2. The summed E-state index contributed by atoms with van der Waals surface area (Å²) in [5.74, 6) is -1.04. The van der Waals surface area contributed by atoms with E-state index in [1.807, 2.05) is 0 Å². The zero-order valence-electron chi connectivity index (χ0n) is 29.8. The second-order valence-electron chi connectivity index (χ2n) is 9.82. The summed E-state index contributed by atoms with van der Waals surface area (Å²) in [4.78, 5) is 45.1. The molecule has 0 fully saturated rings. The number of nitrogens with one attached hydrogen (secondary N) is 3. The third kappa shape index (κ3) is 38.4. The van der Waals surface area contributed by atoms with Gasteiger partial charge in [-0.05, 0) is 0 Å². The van der Waals surface area contributed by atoms with Crippen LogP contribution in [0.1, 0.15) is 19.3 Å². The van der Waals surface area contributed by atoms with E-state index in [1.165, 1.54) is 0 Å². The maximum atomic E-state index is 11.3. The van der Waals surface area contributed by atoms with E-state index in [-0.39, 0.29) is 201 Å². The van der Waals surface area contributed by atoms with E-state index in [9.17, 15) is 19.2 Å². The summed E-state index contributed by atoms with van der Waals surface area (Å²) in [5, 5.41) is 8.03. The summed E-state index contributed by atoms with van der Waals surface area (Å²) in [6.45, 7) is 15.1. The van der Waals surface area contributed by atoms with Gasteiger partial charge in [0, 0.05) is 118 Å². The van der Waals surface area contributed by atoms with E-state index in [0.717, 1.165) is 0 Å². The number of hydrogen-bond donors (Lipinski definition) is 4. The molecule has 0 spiro atoms. The summed E-state index contributed by atoms with van der Waals surface area (Å²) < 4.78 is 52.3. The molecule has 5 N–H and O–H groups in total. The Morgan fingerprint density at radius 2 is 0.776 bits per heavy atom. The molecule has 0 unspecified atom stereocenters. The Morgan fingerprint density at radius 3 is 1.06 bits per heavy atom. The van der Waals surface area contributed by atoms with Gasteiger partial charge in [-0.3, -0.25) is 19.2 Å². The van der Waals surface area contributed by atoms with Gasteiger partial charge in [-0.2, -0.15) is 0 Å². The van der Waals surface area contributed by atoms with E-state index in [1.54, 1.807) is 5.73 Å². The predicted octanol–water partition coefficient (Wildman–Crippen LogP) is -1.40. The van der Waals surface area contributed by atoms with Gasteiger partial charge < -0.3 is 80.3 Å². The molecule has 0 heterocycles. The van der Waals surface area contributed by atoms with E-state index < -0.39 is 11.3 Å². The molecule has 19 heteroatoms. The van der Waals surface area contributed by atoms with Crippen molar-refractivity contribution in [3.8, 4) is 0 Å². The smallest absolute Gasteiger partial charge is 0.243 e. The largest absolute Gasteiger partial charge is 0.378 e. The van der Waals surface area contributed by atoms with Crippen molar-refractivity contribution in [1.82, 2.24) is 16.0 Å². The number of primary amides is 1. The molecule has 49 heavy (non-hydrogen) atoms. The van der Waals surface area contributed by atoms with Gasteiger partial charge in [-0.25, -0.2) is 0 Å². The molecule has 0 aromatic heterocycles. The first-order valence-electron chi connectivity index (χ1n) is 15.8. The molecule has 0 saturated heterocycles. The molecule has 0 aromatic rings. The molecule has 0 saturated carbocycles. The molecule has 0 aliphatic heterocycles. The van der Waals surface area contributed by atoms with E-state index >= 15 is 0 Å². The zero-order chi connectivity index (χ0) is 34.9. The SMILES string of the molecule is [3H]NC(=O)COCCOCC(COCCOCCNC(=O)C[CH2-])(COCCOCCNC(=O)C[CH2-])COCCOCCNC(=O)C[CH2-].[Y].[Y].[Y]. The first-order chi connectivity index (χ1) is 22.8. The van der Waals surface area contributed by atoms with Crippen LogP contribution in [0, 0.1) is 26.2 Å². The molecular formula is C30H55N4O12Y3-3. The van der Waals surface area contributed by atoms with Crippen LogP contribution < -0.4 is 21.7 Å². The van der Waals surface area contributed by atoms with E-state index in [4.69, 9.17) is 39.3 Å². The van der Waals surface area contributed by atoms with Crippen molar-refractivity contribution in [2.75, 3.05) is 125 Å². The van der Waals surface area contributed by atoms with Gasteiger partial charge in [-0.1, -0.05) is 0 Å². The minimum atomic E-state index is -0.759. The second kappa shape index (κ2) is 41.6. The van der Waals surface area contributed by atoms with Crippen LogP contribution in [0.3, 0.4) is 0 Å². The Balaban J connectivity index is -0.00000353. The van der Waals surface area contributed by atoms with Gasteiger partial charge in [0.1, 0.15) is 6.61 Å². The Morgan fingerprint density at radius 1 is 0.490 bits per heavy atom. The van der Waals surface area contributed by atoms with Crippen LogP contribution in [0.4, 0.5) is 0 Å². The first-order valence-corrected chi connectivity index (χ1v) is 15.3. The van der Waals surface area contributed by atoms with Crippen LogP contribution in [0.25, 0.3) is 0 Å². The third-order valence-corrected chi connectivity index (χ3v) is 5.74. The van der Waals surface area contributed by atoms with Crippen LogP contribution in [-0.4, -0.2) is 149 Å². The van der Waals surface area contributed by atoms with Crippen LogP contribution in [0.5, 0.6) is 0 Å². The molecule has 3 radical (unpaired) electrons. The summed E-state index contributed by atoms with van der Waals surface area (Å²) >= 11 is 0. The van der Waals surface area contributed by atoms with Crippen LogP contribution in [0.15, 0.2) is 0 Å². The third-order valence-electron chi connectivity index (χ3n) is 5.74. The van der Waals surface area contributed by atoms with Gasteiger partial charge in [0.2, 0.25) is 5.91 Å². The Labute approximate surface area is 368 Å². The number of ether oxygens (including phenoxy) is 8. The quantitative estimate of drug-likeness (QED) is 0.0435. The fourth-order valence-corrected chi connectivity index (χ4v) is 3.40. The monoisotopic (exact) mass is 932 g/mol. The average molecular weight is 933 g/mol. The minimum absolute atomic E-state index is 0. The molecule has 0 rings (SSSR count). The molecule has 0 aliphatic rings. The van der Waals surface area contributed by atoms with Crippen molar-refractivity contribution < 1.29 is 157 Å². The fourth-order valence-electron chi connectivity index (χ4n) is 3.40. The van der Waals surface area contributed by atoms with Gasteiger partial charge in [0.25, 0.3) is 0 Å². The maximum Gasteiger partial charge on any atom is 0.243 e. The number of rotatable bonds is 34. The molecule has 0 aliphatic carbocycles. The fraction of sp³-hybridized carbons (Fsp3) is 0.767. The van der Waals surface area contributed by atoms with E-state index in [0.29, 0.717) is 59.3 Å². The van der Waals surface area contributed by atoms with Crippen LogP contribution in [0.2, 0.25) is 1.41 Å². The molecule has 0 bridgehead atoms. The van der Waals surface area contributed by atoms with Crippen LogP contribution in [-0.2, 0) is 155 Å². The van der Waals surface area contributed by atoms with Crippen molar-refractivity contribution in [1.29, 1.82) is 0 Å². The van der Waals surface area contributed by atoms with Crippen molar-refractivity contribution in [2.45, 2.75) is 19.3 Å². The normalized spacial score (nSPS) is 10.9. The summed E-state index contributed by atoms with van der Waals surface area (Å²) in [7, 11) is 0. The molecule has 0 atom stereocenters. The standard InChI is InChI=1S/C30H55N4O12.3Y/c1-4-27(36)32-7-10-39-13-17-43-22-30(25-46-20-16-42-21-26(31)35,23-44-18-14-40-11-8-33-28(37)5-2)24-45-19-15-41-12-9-34-29(38)6-3;;;/h1-25H2,(H2,31,35)(H,32,36)(H,33,37)(H,34,38);;;/q-3;;;/i/hT. The predicted molar refractivity (Wildman–Crippen MR) is 167 cm³/mol. The van der Waals surface area contributed by atoms with E-state index in [2.05, 4.69) is 36.7 Å². The van der Waals surface area contributed by atoms with Gasteiger partial charge in [0.15, 0.2) is 19.1 Å². The number of hydrogen-bond acceptors (Lipinski definition) is 12. The number of carbonyl (C=O) groups is 4. The van der Waals surface area contributed by atoms with Crippen molar-refractivity contribution in [2.24, 2.45) is 11.1 Å². The number of carbonyl (C=O) groups excluding carboxylic acids is 4.